The first-order chi connectivity index (χ1) is 9.17. The summed E-state index contributed by atoms with van der Waals surface area (Å²) in [6.45, 7) is 2.07. The second-order valence-corrected chi connectivity index (χ2v) is 6.20. The highest BCUT2D eigenvalue weighted by molar-refractivity contribution is 7.98. The molecule has 0 bridgehead atoms. The maximum Gasteiger partial charge on any atom is 0.132 e. The van der Waals surface area contributed by atoms with E-state index in [9.17, 15) is 0 Å². The van der Waals surface area contributed by atoms with Crippen molar-refractivity contribution in [2.24, 2.45) is 0 Å². The van der Waals surface area contributed by atoms with E-state index in [0.29, 0.717) is 0 Å². The van der Waals surface area contributed by atoms with Gasteiger partial charge in [0.2, 0.25) is 0 Å². The maximum absolute atomic E-state index is 6.56. The van der Waals surface area contributed by atoms with Gasteiger partial charge in [0.15, 0.2) is 0 Å². The van der Waals surface area contributed by atoms with Gasteiger partial charge in [-0.05, 0) is 55.0 Å². The first-order valence-electron chi connectivity index (χ1n) is 6.27. The molecule has 0 amide bonds. The van der Waals surface area contributed by atoms with Crippen molar-refractivity contribution in [2.75, 3.05) is 6.26 Å². The van der Waals surface area contributed by atoms with Crippen molar-refractivity contribution in [2.45, 2.75) is 23.6 Å². The lowest BCUT2D eigenvalue weighted by Crippen LogP contribution is -1.94. The molecule has 1 nitrogen and oxygen atoms in total. The van der Waals surface area contributed by atoms with Gasteiger partial charge in [0.05, 0.1) is 5.38 Å². The summed E-state index contributed by atoms with van der Waals surface area (Å²) in [4.78, 5) is 1.22. The van der Waals surface area contributed by atoms with Gasteiger partial charge in [-0.3, -0.25) is 0 Å². The highest BCUT2D eigenvalue weighted by atomic mass is 35.5. The molecule has 2 aromatic carbocycles. The normalized spacial score (nSPS) is 17.1. The van der Waals surface area contributed by atoms with Crippen molar-refractivity contribution < 1.29 is 4.74 Å². The van der Waals surface area contributed by atoms with Gasteiger partial charge >= 0.3 is 0 Å². The Labute approximate surface area is 122 Å². The molecule has 1 aliphatic rings. The molecule has 0 aromatic heterocycles. The number of thioether (sulfide) groups is 1. The predicted octanol–water partition coefficient (Wildman–Crippen LogP) is 5.35. The standard InChI is InChI=1S/C16H15ClOS/c1-10-3-4-11-8-14(17)13-9-12(19-2)5-6-15(13)18-16(11)7-10/h3-7,9,14H,8H2,1-2H3. The predicted molar refractivity (Wildman–Crippen MR) is 81.8 cm³/mol. The average Bonchev–Trinajstić information content (AvgIpc) is 2.54. The number of benzene rings is 2. The van der Waals surface area contributed by atoms with E-state index >= 15 is 0 Å². The van der Waals surface area contributed by atoms with Crippen LogP contribution in [0.3, 0.4) is 0 Å². The van der Waals surface area contributed by atoms with Gasteiger partial charge in [-0.25, -0.2) is 0 Å². The molecule has 98 valence electrons. The molecule has 19 heavy (non-hydrogen) atoms. The van der Waals surface area contributed by atoms with Gasteiger partial charge in [-0.15, -0.1) is 23.4 Å². The largest absolute Gasteiger partial charge is 0.457 e. The molecule has 1 atom stereocenters. The molecule has 1 heterocycles. The second-order valence-electron chi connectivity index (χ2n) is 4.79. The molecule has 0 spiro atoms. The second kappa shape index (κ2) is 5.10. The summed E-state index contributed by atoms with van der Waals surface area (Å²) < 4.78 is 6.06. The van der Waals surface area contributed by atoms with E-state index < -0.39 is 0 Å². The fourth-order valence-corrected chi connectivity index (χ4v) is 3.12. The molecule has 3 rings (SSSR count). The zero-order valence-corrected chi connectivity index (χ0v) is 12.5. The fraction of sp³-hybridized carbons (Fsp3) is 0.250. The fourth-order valence-electron chi connectivity index (χ4n) is 2.34. The van der Waals surface area contributed by atoms with Crippen LogP contribution in [0.25, 0.3) is 0 Å². The van der Waals surface area contributed by atoms with Crippen molar-refractivity contribution in [3.8, 4) is 11.5 Å². The van der Waals surface area contributed by atoms with Crippen LogP contribution in [0.15, 0.2) is 41.3 Å². The lowest BCUT2D eigenvalue weighted by atomic mass is 10.0. The topological polar surface area (TPSA) is 9.23 Å². The summed E-state index contributed by atoms with van der Waals surface area (Å²) in [5.41, 5.74) is 3.46. The van der Waals surface area contributed by atoms with Crippen molar-refractivity contribution in [1.29, 1.82) is 0 Å². The van der Waals surface area contributed by atoms with Gasteiger partial charge < -0.3 is 4.74 Å². The summed E-state index contributed by atoms with van der Waals surface area (Å²) in [6.07, 6.45) is 2.88. The van der Waals surface area contributed by atoms with E-state index in [1.54, 1.807) is 11.8 Å². The van der Waals surface area contributed by atoms with Crippen LogP contribution >= 0.6 is 23.4 Å². The summed E-state index contributed by atoms with van der Waals surface area (Å²) >= 11 is 8.28. The minimum atomic E-state index is -0.0361. The van der Waals surface area contributed by atoms with Crippen LogP contribution in [-0.4, -0.2) is 6.26 Å². The number of halogens is 1. The van der Waals surface area contributed by atoms with Crippen LogP contribution in [-0.2, 0) is 6.42 Å². The van der Waals surface area contributed by atoms with Crippen LogP contribution in [0.1, 0.15) is 22.1 Å². The Morgan fingerprint density at radius 2 is 2.00 bits per heavy atom. The summed E-state index contributed by atoms with van der Waals surface area (Å²) in [6, 6.07) is 12.5. The van der Waals surface area contributed by atoms with Crippen molar-refractivity contribution >= 4 is 23.4 Å². The highest BCUT2D eigenvalue weighted by Crippen LogP contribution is 2.42. The van der Waals surface area contributed by atoms with Gasteiger partial charge in [0.1, 0.15) is 11.5 Å². The Morgan fingerprint density at radius 3 is 2.79 bits per heavy atom. The van der Waals surface area contributed by atoms with Gasteiger partial charge in [-0.1, -0.05) is 12.1 Å². The Hall–Kier alpha value is -1.12. The third kappa shape index (κ3) is 2.47. The van der Waals surface area contributed by atoms with E-state index in [0.717, 1.165) is 23.5 Å². The van der Waals surface area contributed by atoms with E-state index in [1.165, 1.54) is 16.0 Å². The number of aryl methyl sites for hydroxylation is 1. The number of alkyl halides is 1. The molecule has 0 radical (unpaired) electrons. The molecule has 0 N–H and O–H groups in total. The summed E-state index contributed by atoms with van der Waals surface area (Å²) in [7, 11) is 0. The van der Waals surface area contributed by atoms with Gasteiger partial charge in [0, 0.05) is 10.5 Å². The van der Waals surface area contributed by atoms with E-state index in [-0.39, 0.29) is 5.38 Å². The van der Waals surface area contributed by atoms with E-state index in [4.69, 9.17) is 16.3 Å². The zero-order valence-electron chi connectivity index (χ0n) is 10.9. The third-order valence-electron chi connectivity index (χ3n) is 3.40. The lowest BCUT2D eigenvalue weighted by Gasteiger charge is -2.11. The van der Waals surface area contributed by atoms with Crippen LogP contribution < -0.4 is 4.74 Å². The minimum Gasteiger partial charge on any atom is -0.457 e. The average molecular weight is 291 g/mol. The Kier molecular flexibility index (Phi) is 3.46. The van der Waals surface area contributed by atoms with Crippen LogP contribution in [0, 0.1) is 6.92 Å². The van der Waals surface area contributed by atoms with Crippen molar-refractivity contribution in [1.82, 2.24) is 0 Å². The lowest BCUT2D eigenvalue weighted by molar-refractivity contribution is 0.478. The molecule has 0 saturated carbocycles. The third-order valence-corrected chi connectivity index (χ3v) is 4.51. The van der Waals surface area contributed by atoms with Crippen molar-refractivity contribution in [3.63, 3.8) is 0 Å². The molecule has 0 aliphatic carbocycles. The number of fused-ring (bicyclic) bond motifs is 2. The van der Waals surface area contributed by atoms with Gasteiger partial charge in [0.25, 0.3) is 0 Å². The first kappa shape index (κ1) is 12.9. The molecule has 3 heteroatoms. The summed E-state index contributed by atoms with van der Waals surface area (Å²) in [5.74, 6) is 1.81. The molecular formula is C16H15ClOS. The van der Waals surface area contributed by atoms with E-state index in [1.807, 2.05) is 6.07 Å². The Bertz CT molecular complexity index is 624. The van der Waals surface area contributed by atoms with Crippen LogP contribution in [0.4, 0.5) is 0 Å². The highest BCUT2D eigenvalue weighted by Gasteiger charge is 2.22. The molecule has 0 fully saturated rings. The van der Waals surface area contributed by atoms with Crippen molar-refractivity contribution in [3.05, 3.63) is 53.1 Å². The van der Waals surface area contributed by atoms with Crippen LogP contribution in [0.5, 0.6) is 11.5 Å². The zero-order chi connectivity index (χ0) is 13.4. The monoisotopic (exact) mass is 290 g/mol. The quantitative estimate of drug-likeness (QED) is 0.517. The smallest absolute Gasteiger partial charge is 0.132 e. The number of rotatable bonds is 1. The molecule has 2 aromatic rings. The SMILES string of the molecule is CSc1ccc2c(c1)C(Cl)Cc1ccc(C)cc1O2. The number of hydrogen-bond donors (Lipinski definition) is 0. The Morgan fingerprint density at radius 1 is 1.16 bits per heavy atom. The minimum absolute atomic E-state index is 0.0361. The maximum atomic E-state index is 6.56. The molecule has 1 aliphatic heterocycles. The number of hydrogen-bond acceptors (Lipinski definition) is 2. The molecule has 1 unspecified atom stereocenters. The Balaban J connectivity index is 2.10. The first-order valence-corrected chi connectivity index (χ1v) is 7.93. The van der Waals surface area contributed by atoms with Gasteiger partial charge in [-0.2, -0.15) is 0 Å². The van der Waals surface area contributed by atoms with E-state index in [2.05, 4.69) is 43.5 Å². The van der Waals surface area contributed by atoms with Crippen LogP contribution in [0.2, 0.25) is 0 Å². The molecule has 0 saturated heterocycles. The number of ether oxygens (including phenoxy) is 1. The summed E-state index contributed by atoms with van der Waals surface area (Å²) in [5, 5.41) is -0.0361. The molecular weight excluding hydrogens is 276 g/mol.